The van der Waals surface area contributed by atoms with Crippen LogP contribution in [0.25, 0.3) is 0 Å². The van der Waals surface area contributed by atoms with Gasteiger partial charge in [0.05, 0.1) is 23.9 Å². The first kappa shape index (κ1) is 24.8. The Morgan fingerprint density at radius 2 is 1.91 bits per heavy atom. The van der Waals surface area contributed by atoms with E-state index in [1.54, 1.807) is 28.0 Å². The number of likely N-dealkylation sites (N-methyl/N-ethyl adjacent to an activating group) is 1. The topological polar surface area (TPSA) is 85.0 Å². The van der Waals surface area contributed by atoms with Gasteiger partial charge in [0.15, 0.2) is 0 Å². The van der Waals surface area contributed by atoms with Gasteiger partial charge in [-0.3, -0.25) is 14.5 Å². The van der Waals surface area contributed by atoms with Crippen molar-refractivity contribution < 1.29 is 14.4 Å². The van der Waals surface area contributed by atoms with Crippen molar-refractivity contribution in [3.8, 4) is 0 Å². The second kappa shape index (κ2) is 11.0. The lowest BCUT2D eigenvalue weighted by atomic mass is 9.95. The first-order valence-corrected chi connectivity index (χ1v) is 12.7. The fourth-order valence-corrected chi connectivity index (χ4v) is 5.41. The van der Waals surface area contributed by atoms with Crippen LogP contribution in [-0.4, -0.2) is 78.4 Å². The molecule has 10 heteroatoms. The van der Waals surface area contributed by atoms with Crippen molar-refractivity contribution in [3.63, 3.8) is 0 Å². The van der Waals surface area contributed by atoms with Crippen LogP contribution in [0.3, 0.4) is 0 Å². The van der Waals surface area contributed by atoms with E-state index >= 15 is 0 Å². The van der Waals surface area contributed by atoms with E-state index in [9.17, 15) is 14.4 Å². The van der Waals surface area contributed by atoms with Crippen molar-refractivity contribution in [2.75, 3.05) is 45.8 Å². The number of urea groups is 1. The molecule has 1 fully saturated rings. The van der Waals surface area contributed by atoms with Gasteiger partial charge in [0.25, 0.3) is 5.91 Å². The number of carbonyl (C=O) groups is 3. The Morgan fingerprint density at radius 3 is 2.62 bits per heavy atom. The Labute approximate surface area is 210 Å². The maximum absolute atomic E-state index is 13.4. The normalized spacial score (nSPS) is 21.1. The smallest absolute Gasteiger partial charge is 0.322 e. The molecule has 0 bridgehead atoms. The number of carbonyl (C=O) groups excluding carboxylic acids is 3. The van der Waals surface area contributed by atoms with Gasteiger partial charge < -0.3 is 20.4 Å². The molecule has 0 saturated carbocycles. The molecule has 8 nitrogen and oxygen atoms in total. The Kier molecular flexibility index (Phi) is 8.01. The van der Waals surface area contributed by atoms with Gasteiger partial charge in [-0.15, -0.1) is 0 Å². The van der Waals surface area contributed by atoms with Crippen molar-refractivity contribution in [1.29, 1.82) is 0 Å². The summed E-state index contributed by atoms with van der Waals surface area (Å²) in [7, 11) is 0. The second-order valence-electron chi connectivity index (χ2n) is 8.88. The van der Waals surface area contributed by atoms with Crippen LogP contribution in [-0.2, 0) is 9.59 Å². The molecule has 0 aromatic heterocycles. The molecule has 4 rings (SSSR count). The molecule has 3 heterocycles. The number of piperidine rings is 1. The zero-order valence-corrected chi connectivity index (χ0v) is 20.9. The zero-order valence-electron chi connectivity index (χ0n) is 19.4. The first-order valence-electron chi connectivity index (χ1n) is 11.9. The largest absolute Gasteiger partial charge is 0.355 e. The van der Waals surface area contributed by atoms with Crippen LogP contribution < -0.4 is 10.6 Å². The van der Waals surface area contributed by atoms with Crippen LogP contribution in [0.4, 0.5) is 4.79 Å². The van der Waals surface area contributed by atoms with E-state index in [0.29, 0.717) is 40.0 Å². The highest BCUT2D eigenvalue weighted by atomic mass is 35.5. The SMILES string of the molecule is CCN1C(=O)NC(c2ccc(Cl)cc2Cl)C2=C1CN(CCC(=O)NCCN1CCCCC1)C2=O. The van der Waals surface area contributed by atoms with Gasteiger partial charge in [0.2, 0.25) is 5.91 Å². The molecule has 3 aliphatic heterocycles. The summed E-state index contributed by atoms with van der Waals surface area (Å²) in [6, 6.07) is 4.08. The lowest BCUT2D eigenvalue weighted by molar-refractivity contribution is -0.127. The highest BCUT2D eigenvalue weighted by molar-refractivity contribution is 6.35. The van der Waals surface area contributed by atoms with Gasteiger partial charge in [-0.2, -0.15) is 0 Å². The van der Waals surface area contributed by atoms with Gasteiger partial charge in [-0.05, 0) is 50.6 Å². The predicted octanol–water partition coefficient (Wildman–Crippen LogP) is 3.17. The molecule has 0 aliphatic carbocycles. The fourth-order valence-electron chi connectivity index (χ4n) is 4.89. The number of halogens is 2. The first-order chi connectivity index (χ1) is 16.4. The summed E-state index contributed by atoms with van der Waals surface area (Å²) < 4.78 is 0. The number of likely N-dealkylation sites (tertiary alicyclic amines) is 1. The van der Waals surface area contributed by atoms with Crippen molar-refractivity contribution in [1.82, 2.24) is 25.3 Å². The molecule has 1 saturated heterocycles. The van der Waals surface area contributed by atoms with Crippen LogP contribution in [0.15, 0.2) is 29.5 Å². The molecule has 1 aromatic carbocycles. The summed E-state index contributed by atoms with van der Waals surface area (Å²) in [6.45, 7) is 6.52. The van der Waals surface area contributed by atoms with Crippen LogP contribution in [0, 0.1) is 0 Å². The Balaban J connectivity index is 1.40. The van der Waals surface area contributed by atoms with Gasteiger partial charge in [-0.1, -0.05) is 35.7 Å². The number of nitrogens with one attached hydrogen (secondary N) is 2. The third-order valence-electron chi connectivity index (χ3n) is 6.69. The average molecular weight is 508 g/mol. The summed E-state index contributed by atoms with van der Waals surface area (Å²) >= 11 is 12.4. The number of hydrogen-bond acceptors (Lipinski definition) is 4. The molecule has 1 atom stereocenters. The summed E-state index contributed by atoms with van der Waals surface area (Å²) in [5, 5.41) is 6.74. The molecule has 4 amide bonds. The van der Waals surface area contributed by atoms with Crippen LogP contribution >= 0.6 is 23.2 Å². The number of hydrogen-bond donors (Lipinski definition) is 2. The average Bonchev–Trinajstić information content (AvgIpc) is 3.14. The molecule has 0 spiro atoms. The summed E-state index contributed by atoms with van der Waals surface area (Å²) in [4.78, 5) is 44.1. The Morgan fingerprint density at radius 1 is 1.15 bits per heavy atom. The highest BCUT2D eigenvalue weighted by Crippen LogP contribution is 2.39. The van der Waals surface area contributed by atoms with Crippen molar-refractivity contribution in [2.45, 2.75) is 38.6 Å². The summed E-state index contributed by atoms with van der Waals surface area (Å²) in [5.74, 6) is -0.265. The van der Waals surface area contributed by atoms with Gasteiger partial charge in [0, 0.05) is 42.6 Å². The van der Waals surface area contributed by atoms with E-state index in [2.05, 4.69) is 15.5 Å². The second-order valence-corrected chi connectivity index (χ2v) is 9.73. The summed E-state index contributed by atoms with van der Waals surface area (Å²) in [6.07, 6.45) is 3.94. The van der Waals surface area contributed by atoms with Gasteiger partial charge >= 0.3 is 6.03 Å². The van der Waals surface area contributed by atoms with Crippen molar-refractivity contribution in [3.05, 3.63) is 45.1 Å². The minimum atomic E-state index is -0.661. The van der Waals surface area contributed by atoms with Crippen LogP contribution in [0.5, 0.6) is 0 Å². The fraction of sp³-hybridized carbons (Fsp3) is 0.542. The number of benzene rings is 1. The number of amides is 4. The molecule has 1 unspecified atom stereocenters. The molecule has 3 aliphatic rings. The third kappa shape index (κ3) is 5.34. The lowest BCUT2D eigenvalue weighted by Crippen LogP contribution is -2.47. The van der Waals surface area contributed by atoms with E-state index in [-0.39, 0.29) is 37.4 Å². The minimum Gasteiger partial charge on any atom is -0.355 e. The Bertz CT molecular complexity index is 993. The lowest BCUT2D eigenvalue weighted by Gasteiger charge is -2.33. The third-order valence-corrected chi connectivity index (χ3v) is 7.26. The highest BCUT2D eigenvalue weighted by Gasteiger charge is 2.44. The van der Waals surface area contributed by atoms with E-state index in [1.807, 2.05) is 6.92 Å². The van der Waals surface area contributed by atoms with Crippen molar-refractivity contribution in [2.24, 2.45) is 0 Å². The van der Waals surface area contributed by atoms with E-state index in [0.717, 1.165) is 19.6 Å². The molecular formula is C24H31Cl2N5O3. The maximum atomic E-state index is 13.4. The monoisotopic (exact) mass is 507 g/mol. The van der Waals surface area contributed by atoms with E-state index in [4.69, 9.17) is 23.2 Å². The zero-order chi connectivity index (χ0) is 24.2. The standard InChI is InChI=1S/C24H31Cl2N5O3/c1-2-31-19-15-30(12-8-20(32)27-9-13-29-10-4-3-5-11-29)23(33)21(19)22(28-24(31)34)17-7-6-16(25)14-18(17)26/h6-7,14,22H,2-5,8-13,15H2,1H3,(H,27,32)(H,28,34). The molecule has 0 radical (unpaired) electrons. The molecule has 184 valence electrons. The van der Waals surface area contributed by atoms with Gasteiger partial charge in [-0.25, -0.2) is 4.79 Å². The maximum Gasteiger partial charge on any atom is 0.322 e. The molecule has 34 heavy (non-hydrogen) atoms. The van der Waals surface area contributed by atoms with E-state index in [1.165, 1.54) is 19.3 Å². The summed E-state index contributed by atoms with van der Waals surface area (Å²) in [5.41, 5.74) is 1.78. The van der Waals surface area contributed by atoms with Crippen LogP contribution in [0.1, 0.15) is 44.2 Å². The van der Waals surface area contributed by atoms with Crippen molar-refractivity contribution >= 4 is 41.0 Å². The quantitative estimate of drug-likeness (QED) is 0.565. The molecular weight excluding hydrogens is 477 g/mol. The van der Waals surface area contributed by atoms with Crippen LogP contribution in [0.2, 0.25) is 10.0 Å². The predicted molar refractivity (Wildman–Crippen MR) is 132 cm³/mol. The number of rotatable bonds is 8. The Hall–Kier alpha value is -2.29. The van der Waals surface area contributed by atoms with Gasteiger partial charge in [0.1, 0.15) is 0 Å². The molecule has 2 N–H and O–H groups in total. The minimum absolute atomic E-state index is 0.0754. The van der Waals surface area contributed by atoms with E-state index < -0.39 is 6.04 Å². The number of nitrogens with zero attached hydrogens (tertiary/aromatic N) is 3. The molecule has 1 aromatic rings.